The third-order valence-electron chi connectivity index (χ3n) is 7.49. The van der Waals surface area contributed by atoms with Crippen molar-refractivity contribution in [3.63, 3.8) is 0 Å². The SMILES string of the molecule is C[C@H]1Oc2cc(cnc2N)-c2c(C3CCC3)nn(C(=O)N(C)C)c2Cc2cccnc2-c2ccc(F)cc21. The van der Waals surface area contributed by atoms with Crippen LogP contribution in [0.2, 0.25) is 0 Å². The van der Waals surface area contributed by atoms with Crippen molar-refractivity contribution in [3.05, 3.63) is 77.1 Å². The highest BCUT2D eigenvalue weighted by atomic mass is 19.1. The van der Waals surface area contributed by atoms with Crippen LogP contribution in [0.4, 0.5) is 15.0 Å². The van der Waals surface area contributed by atoms with E-state index in [-0.39, 0.29) is 23.6 Å². The maximum atomic E-state index is 14.5. The first-order valence-electron chi connectivity index (χ1n) is 12.8. The molecule has 8 nitrogen and oxygen atoms in total. The van der Waals surface area contributed by atoms with Crippen LogP contribution in [-0.4, -0.2) is 44.8 Å². The number of anilines is 1. The number of nitrogens with two attached hydrogens (primary N) is 1. The number of amides is 1. The number of halogens is 1. The lowest BCUT2D eigenvalue weighted by Gasteiger charge is -2.25. The monoisotopic (exact) mass is 512 g/mol. The molecule has 4 aromatic rings. The molecule has 1 amide bonds. The number of rotatable bonds is 1. The molecule has 1 aliphatic heterocycles. The molecule has 0 radical (unpaired) electrons. The van der Waals surface area contributed by atoms with Crippen LogP contribution in [0.25, 0.3) is 22.4 Å². The fourth-order valence-electron chi connectivity index (χ4n) is 5.29. The van der Waals surface area contributed by atoms with Gasteiger partial charge in [0.25, 0.3) is 0 Å². The van der Waals surface area contributed by atoms with E-state index in [9.17, 15) is 9.18 Å². The van der Waals surface area contributed by atoms with Crippen LogP contribution < -0.4 is 10.5 Å². The number of carbonyl (C=O) groups excluding carboxylic acids is 1. The normalized spacial score (nSPS) is 16.6. The molecule has 0 saturated heterocycles. The van der Waals surface area contributed by atoms with Crippen LogP contribution in [0.15, 0.2) is 48.8 Å². The van der Waals surface area contributed by atoms with Crippen LogP contribution in [0.1, 0.15) is 60.7 Å². The van der Waals surface area contributed by atoms with Crippen LogP contribution >= 0.6 is 0 Å². The zero-order valence-electron chi connectivity index (χ0n) is 21.6. The molecule has 2 aliphatic rings. The van der Waals surface area contributed by atoms with Gasteiger partial charge >= 0.3 is 6.03 Å². The molecule has 38 heavy (non-hydrogen) atoms. The van der Waals surface area contributed by atoms with Crippen molar-refractivity contribution in [1.29, 1.82) is 0 Å². The Morgan fingerprint density at radius 3 is 2.74 bits per heavy atom. The van der Waals surface area contributed by atoms with Gasteiger partial charge in [0.05, 0.1) is 17.1 Å². The van der Waals surface area contributed by atoms with E-state index in [0.29, 0.717) is 23.4 Å². The third kappa shape index (κ3) is 3.98. The molecule has 2 bridgehead atoms. The summed E-state index contributed by atoms with van der Waals surface area (Å²) in [5.74, 6) is 0.512. The number of carbonyl (C=O) groups is 1. The molecule has 0 unspecified atom stereocenters. The summed E-state index contributed by atoms with van der Waals surface area (Å²) in [5.41, 5.74) is 12.5. The number of pyridine rings is 2. The molecule has 4 heterocycles. The van der Waals surface area contributed by atoms with Gasteiger partial charge in [0.15, 0.2) is 11.6 Å². The smallest absolute Gasteiger partial charge is 0.344 e. The van der Waals surface area contributed by atoms with Gasteiger partial charge in [-0.2, -0.15) is 9.78 Å². The minimum absolute atomic E-state index is 0.234. The van der Waals surface area contributed by atoms with Crippen LogP contribution in [0.5, 0.6) is 5.75 Å². The number of ether oxygens (including phenoxy) is 1. The molecule has 3 aromatic heterocycles. The maximum Gasteiger partial charge on any atom is 0.344 e. The van der Waals surface area contributed by atoms with Crippen molar-refractivity contribution >= 4 is 11.8 Å². The zero-order chi connectivity index (χ0) is 26.6. The lowest BCUT2D eigenvalue weighted by molar-refractivity contribution is 0.214. The van der Waals surface area contributed by atoms with Gasteiger partial charge in [-0.3, -0.25) is 4.98 Å². The molecule has 1 aliphatic carbocycles. The predicted molar refractivity (Wildman–Crippen MR) is 142 cm³/mol. The van der Waals surface area contributed by atoms with Gasteiger partial charge in [-0.05, 0) is 55.7 Å². The predicted octanol–water partition coefficient (Wildman–Crippen LogP) is 5.57. The van der Waals surface area contributed by atoms with Crippen molar-refractivity contribution in [1.82, 2.24) is 24.6 Å². The second-order valence-corrected chi connectivity index (χ2v) is 10.2. The fraction of sp³-hybridized carbons (Fsp3) is 0.310. The lowest BCUT2D eigenvalue weighted by atomic mass is 9.80. The Morgan fingerprint density at radius 2 is 2.00 bits per heavy atom. The van der Waals surface area contributed by atoms with Crippen molar-refractivity contribution in [2.45, 2.75) is 44.6 Å². The van der Waals surface area contributed by atoms with E-state index in [0.717, 1.165) is 52.9 Å². The van der Waals surface area contributed by atoms with Crippen LogP contribution in [0.3, 0.4) is 0 Å². The molecule has 1 aromatic carbocycles. The highest BCUT2D eigenvalue weighted by molar-refractivity contribution is 5.82. The second kappa shape index (κ2) is 9.24. The van der Waals surface area contributed by atoms with Crippen LogP contribution in [-0.2, 0) is 6.42 Å². The highest BCUT2D eigenvalue weighted by Gasteiger charge is 2.33. The minimum Gasteiger partial charge on any atom is -0.482 e. The van der Waals surface area contributed by atoms with Crippen molar-refractivity contribution in [2.75, 3.05) is 19.8 Å². The van der Waals surface area contributed by atoms with Gasteiger partial charge < -0.3 is 15.4 Å². The van der Waals surface area contributed by atoms with E-state index < -0.39 is 6.10 Å². The molecule has 1 saturated carbocycles. The second-order valence-electron chi connectivity index (χ2n) is 10.2. The van der Waals surface area contributed by atoms with Crippen molar-refractivity contribution in [2.24, 2.45) is 0 Å². The largest absolute Gasteiger partial charge is 0.482 e. The summed E-state index contributed by atoms with van der Waals surface area (Å²) in [5, 5.41) is 4.90. The fourth-order valence-corrected chi connectivity index (χ4v) is 5.29. The topological polar surface area (TPSA) is 99.2 Å². The average Bonchev–Trinajstić information content (AvgIpc) is 3.21. The molecule has 6 rings (SSSR count). The van der Waals surface area contributed by atoms with Crippen molar-refractivity contribution < 1.29 is 13.9 Å². The highest BCUT2D eigenvalue weighted by Crippen LogP contribution is 2.45. The van der Waals surface area contributed by atoms with Gasteiger partial charge in [0.1, 0.15) is 11.9 Å². The maximum absolute atomic E-state index is 14.5. The first-order valence-corrected chi connectivity index (χ1v) is 12.8. The number of benzene rings is 1. The van der Waals surface area contributed by atoms with E-state index in [1.54, 1.807) is 32.6 Å². The average molecular weight is 513 g/mol. The molecule has 194 valence electrons. The summed E-state index contributed by atoms with van der Waals surface area (Å²) in [6.07, 6.45) is 6.45. The van der Waals surface area contributed by atoms with E-state index in [1.165, 1.54) is 21.7 Å². The summed E-state index contributed by atoms with van der Waals surface area (Å²) in [4.78, 5) is 24.1. The van der Waals surface area contributed by atoms with E-state index >= 15 is 0 Å². The Balaban J connectivity index is 1.68. The van der Waals surface area contributed by atoms with Crippen molar-refractivity contribution in [3.8, 4) is 28.1 Å². The van der Waals surface area contributed by atoms with E-state index in [4.69, 9.17) is 20.6 Å². The number of hydrogen-bond donors (Lipinski definition) is 1. The standard InChI is InChI=1S/C29H29FN6O2/c1-16-22-14-20(30)9-10-21(22)26-18(8-5-11-32-26)12-23-25(19-13-24(38-16)28(31)33-15-19)27(17-6-4-7-17)34-36(23)29(37)35(2)3/h5,8-11,13-17H,4,6-7,12H2,1-3H3,(H2,31,33)/t16-/m1/s1. The first kappa shape index (κ1) is 24.1. The Hall–Kier alpha value is -4.27. The Kier molecular flexibility index (Phi) is 5.86. The number of fused-ring (bicyclic) bond motifs is 7. The zero-order valence-corrected chi connectivity index (χ0v) is 21.6. The minimum atomic E-state index is -0.530. The molecular formula is C29H29FN6O2. The molecule has 2 N–H and O–H groups in total. The van der Waals surface area contributed by atoms with Gasteiger partial charge in [0, 0.05) is 61.1 Å². The number of nitrogens with zero attached hydrogens (tertiary/aromatic N) is 5. The molecule has 1 atom stereocenters. The number of hydrogen-bond acceptors (Lipinski definition) is 6. The Morgan fingerprint density at radius 1 is 1.18 bits per heavy atom. The third-order valence-corrected chi connectivity index (χ3v) is 7.49. The summed E-state index contributed by atoms with van der Waals surface area (Å²) in [7, 11) is 3.43. The van der Waals surface area contributed by atoms with E-state index in [2.05, 4.69) is 4.98 Å². The van der Waals surface area contributed by atoms with Gasteiger partial charge in [-0.15, -0.1) is 0 Å². The number of nitrogen functional groups attached to an aromatic ring is 1. The summed E-state index contributed by atoms with van der Waals surface area (Å²) in [6, 6.07) is 10.1. The Labute approximate surface area is 220 Å². The molecule has 9 heteroatoms. The van der Waals surface area contributed by atoms with E-state index in [1.807, 2.05) is 25.1 Å². The lowest BCUT2D eigenvalue weighted by Crippen LogP contribution is -2.30. The number of aromatic nitrogens is 4. The summed E-state index contributed by atoms with van der Waals surface area (Å²) in [6.45, 7) is 1.86. The quantitative estimate of drug-likeness (QED) is 0.358. The van der Waals surface area contributed by atoms with Gasteiger partial charge in [0.2, 0.25) is 0 Å². The Bertz CT molecular complexity index is 1560. The summed E-state index contributed by atoms with van der Waals surface area (Å²) >= 11 is 0. The first-order chi connectivity index (χ1) is 18.3. The van der Waals surface area contributed by atoms with Gasteiger partial charge in [-0.25, -0.2) is 14.2 Å². The van der Waals surface area contributed by atoms with Gasteiger partial charge in [-0.1, -0.05) is 12.5 Å². The molecular weight excluding hydrogens is 483 g/mol. The molecule has 0 spiro atoms. The molecule has 1 fully saturated rings. The summed E-state index contributed by atoms with van der Waals surface area (Å²) < 4.78 is 22.3. The van der Waals surface area contributed by atoms with Crippen LogP contribution in [0, 0.1) is 5.82 Å².